The van der Waals surface area contributed by atoms with Crippen LogP contribution in [0, 0.1) is 35.5 Å². The van der Waals surface area contributed by atoms with Crippen LogP contribution in [0.2, 0.25) is 0 Å². The number of benzene rings is 2. The number of aliphatic hydroxyl groups is 2. The molecule has 0 aliphatic heterocycles. The summed E-state index contributed by atoms with van der Waals surface area (Å²) in [6.45, 7) is 22.7. The SMILES string of the molecule is CC(C)C[C@H](NC(=O)CNC(=O)[C@@H](NC(=O)[C@@H](NC(=O)CNC(=O)COCOCCOCCOCCOCCOCCOC(=O)NCC(=O)N[C@H](C(=O)N[C@H](C(=O)NCC(=O)N[C@@H](CC(C)C)C(=O)N[C@@H](C)C(=O)N[C@H](C(=O)N[C@H](C(=O)O)C(C)C)[C@@H](C)O)c1ccccc1)C(C)C)C(C)C)c1ccccc1)C(=O)N[C@@H](C)C(=O)N[C@H](C(=O)N[C@H](C(=O)O)C(C)C)[C@@H](C)O. The van der Waals surface area contributed by atoms with E-state index in [0.717, 1.165) is 0 Å². The molecule has 2 rings (SSSR count). The molecule has 2 aromatic carbocycles. The molecule has 0 spiro atoms. The van der Waals surface area contributed by atoms with Crippen molar-refractivity contribution in [2.45, 2.75) is 208 Å². The molecule has 20 N–H and O–H groups in total. The van der Waals surface area contributed by atoms with Gasteiger partial charge in [-0.25, -0.2) is 14.4 Å². The summed E-state index contributed by atoms with van der Waals surface area (Å²) in [4.78, 5) is 236. The van der Waals surface area contributed by atoms with Crippen LogP contribution in [0.3, 0.4) is 0 Å². The number of ether oxygens (including phenoxy) is 7. The molecular formula is C84H134N16O29. The fourth-order valence-electron chi connectivity index (χ4n) is 11.7. The van der Waals surface area contributed by atoms with E-state index in [2.05, 4.69) is 85.1 Å². The Kier molecular flexibility index (Phi) is 53.6. The Hall–Kier alpha value is -11.6. The van der Waals surface area contributed by atoms with E-state index in [1.807, 2.05) is 0 Å². The predicted molar refractivity (Wildman–Crippen MR) is 461 cm³/mol. The van der Waals surface area contributed by atoms with Crippen molar-refractivity contribution in [3.63, 3.8) is 0 Å². The zero-order valence-electron chi connectivity index (χ0n) is 76.0. The molecule has 45 nitrogen and oxygen atoms in total. The number of nitrogens with one attached hydrogen (secondary N) is 16. The van der Waals surface area contributed by atoms with Crippen LogP contribution >= 0.6 is 0 Å². The lowest BCUT2D eigenvalue weighted by molar-refractivity contribution is -0.144. The third-order valence-electron chi connectivity index (χ3n) is 18.7. The Labute approximate surface area is 749 Å². The zero-order valence-corrected chi connectivity index (χ0v) is 76.0. The summed E-state index contributed by atoms with van der Waals surface area (Å²) < 4.78 is 37.5. The van der Waals surface area contributed by atoms with E-state index >= 15 is 0 Å². The molecule has 2 aromatic rings. The molecule has 0 bridgehead atoms. The van der Waals surface area contributed by atoms with Gasteiger partial charge >= 0.3 is 18.0 Å². The number of carboxylic acid groups (broad SMARTS) is 2. The molecule has 129 heavy (non-hydrogen) atoms. The number of carbonyl (C=O) groups excluding carboxylic acids is 16. The van der Waals surface area contributed by atoms with Crippen molar-refractivity contribution >= 4 is 107 Å². The first-order chi connectivity index (χ1) is 60.8. The van der Waals surface area contributed by atoms with E-state index in [9.17, 15) is 107 Å². The van der Waals surface area contributed by atoms with Crippen molar-refractivity contribution in [3.8, 4) is 0 Å². The lowest BCUT2D eigenvalue weighted by Crippen LogP contribution is -2.60. The number of amides is 16. The Morgan fingerprint density at radius 2 is 0.589 bits per heavy atom. The normalized spacial score (nSPS) is 14.5. The van der Waals surface area contributed by atoms with Gasteiger partial charge in [-0.2, -0.15) is 0 Å². The van der Waals surface area contributed by atoms with E-state index in [4.69, 9.17) is 33.2 Å². The number of hydrogen-bond donors (Lipinski definition) is 20. The number of carboxylic acids is 2. The maximum absolute atomic E-state index is 13.8. The number of hydrogen-bond acceptors (Lipinski definition) is 27. The quantitative estimate of drug-likeness (QED) is 0.0224. The number of carbonyl (C=O) groups is 18. The largest absolute Gasteiger partial charge is 0.480 e. The number of aliphatic hydroxyl groups excluding tert-OH is 2. The summed E-state index contributed by atoms with van der Waals surface area (Å²) in [5.74, 6) is -17.8. The molecule has 0 aliphatic carbocycles. The average molecular weight is 1830 g/mol. The highest BCUT2D eigenvalue weighted by atomic mass is 16.7. The fraction of sp³-hybridized carbons (Fsp3) is 0.643. The summed E-state index contributed by atoms with van der Waals surface area (Å²) in [5.41, 5.74) is 0.596. The van der Waals surface area contributed by atoms with Crippen molar-refractivity contribution in [2.24, 2.45) is 35.5 Å². The maximum atomic E-state index is 13.8. The molecule has 45 heteroatoms. The van der Waals surface area contributed by atoms with Crippen LogP contribution in [0.5, 0.6) is 0 Å². The van der Waals surface area contributed by atoms with Gasteiger partial charge < -0.3 is 139 Å². The Balaban J connectivity index is 1.70. The molecule has 0 fully saturated rings. The topological polar surface area (TPSA) is 645 Å². The highest BCUT2D eigenvalue weighted by molar-refractivity contribution is 6.00. The standard InChI is InChI=1S/C84H134N16O29/c1-45(2)37-57(74(110)89-51(13)72(108)97-68(53(15)101)80(116)95-66(49(9)10)82(118)119)91-59(103)40-86-76(112)70(55-23-19-17-20-24-55)99-78(114)64(47(5)6)93-61(105)39-85-63(107)43-128-44-127-34-33-125-30-29-123-27-28-124-31-32-126-35-36-129-84(122)88-42-62(106)94-65(48(7)8)79(115)100-71(56-25-21-18-22-26-56)77(113)87-41-60(104)92-58(38-46(3)4)75(111)90-52(14)73(109)98-69(54(16)102)81(117)96-67(50(11)12)83(120)121/h17-26,45-54,57-58,64-71,101-102H,27-44H2,1-16H3,(H,85,107)(H,86,112)(H,87,113)(H,88,122)(H,89,110)(H,90,111)(H,91,103)(H,92,104)(H,93,105)(H,94,106)(H,95,116)(H,96,117)(H,97,108)(H,98,109)(H,99,114)(H,100,115)(H,118,119)(H,120,121)/t51-,52-,53+,54+,57-,58-,64-,65-,66-,67-,68-,69-,70-,71-/m0/s1. The molecule has 724 valence electrons. The van der Waals surface area contributed by atoms with Crippen LogP contribution in [0.15, 0.2) is 60.7 Å². The van der Waals surface area contributed by atoms with Crippen molar-refractivity contribution in [1.29, 1.82) is 0 Å². The van der Waals surface area contributed by atoms with Gasteiger partial charge in [-0.15, -0.1) is 0 Å². The summed E-state index contributed by atoms with van der Waals surface area (Å²) in [6.07, 6.45) is -3.78. The molecular weight excluding hydrogens is 1700 g/mol. The lowest BCUT2D eigenvalue weighted by atomic mass is 10.0. The molecule has 0 radical (unpaired) electrons. The van der Waals surface area contributed by atoms with Crippen LogP contribution in [0.25, 0.3) is 0 Å². The molecule has 0 saturated heterocycles. The van der Waals surface area contributed by atoms with Crippen LogP contribution in [0.4, 0.5) is 4.79 Å². The number of rotatable bonds is 63. The van der Waals surface area contributed by atoms with Crippen molar-refractivity contribution in [3.05, 3.63) is 71.8 Å². The molecule has 16 amide bonds. The van der Waals surface area contributed by atoms with Gasteiger partial charge in [0.05, 0.1) is 91.3 Å². The van der Waals surface area contributed by atoms with Gasteiger partial charge in [0.15, 0.2) is 0 Å². The van der Waals surface area contributed by atoms with E-state index in [-0.39, 0.29) is 97.5 Å². The minimum atomic E-state index is -1.60. The van der Waals surface area contributed by atoms with E-state index in [1.54, 1.807) is 144 Å². The first-order valence-electron chi connectivity index (χ1n) is 42.5. The fourth-order valence-corrected chi connectivity index (χ4v) is 11.7. The summed E-state index contributed by atoms with van der Waals surface area (Å²) >= 11 is 0. The molecule has 0 aromatic heterocycles. The van der Waals surface area contributed by atoms with Gasteiger partial charge in [-0.3, -0.25) is 71.9 Å². The first kappa shape index (κ1) is 113. The highest BCUT2D eigenvalue weighted by Crippen LogP contribution is 2.18. The smallest absolute Gasteiger partial charge is 0.407 e. The molecule has 0 unspecified atom stereocenters. The molecule has 0 heterocycles. The van der Waals surface area contributed by atoms with Gasteiger partial charge in [0, 0.05) is 0 Å². The first-order valence-corrected chi connectivity index (χ1v) is 42.5. The van der Waals surface area contributed by atoms with Crippen LogP contribution in [-0.4, -0.2) is 305 Å². The van der Waals surface area contributed by atoms with Crippen molar-refractivity contribution in [2.75, 3.05) is 106 Å². The third kappa shape index (κ3) is 45.8. The second-order valence-corrected chi connectivity index (χ2v) is 32.4. The summed E-state index contributed by atoms with van der Waals surface area (Å²) in [6, 6.07) is -0.350. The van der Waals surface area contributed by atoms with Crippen LogP contribution in [-0.2, 0) is 115 Å². The molecule has 0 saturated carbocycles. The second-order valence-electron chi connectivity index (χ2n) is 32.4. The zero-order chi connectivity index (χ0) is 97.2. The number of aliphatic carboxylic acids is 2. The third-order valence-corrected chi connectivity index (χ3v) is 18.7. The van der Waals surface area contributed by atoms with Crippen LogP contribution in [0.1, 0.15) is 147 Å². The molecule has 14 atom stereocenters. The minimum Gasteiger partial charge on any atom is -0.480 e. The monoisotopic (exact) mass is 1830 g/mol. The minimum absolute atomic E-state index is 0.0197. The van der Waals surface area contributed by atoms with Crippen molar-refractivity contribution < 1.29 is 140 Å². The van der Waals surface area contributed by atoms with Gasteiger partial charge in [0.1, 0.15) is 99.1 Å². The molecule has 0 aliphatic rings. The maximum Gasteiger partial charge on any atom is 0.407 e. The van der Waals surface area contributed by atoms with Gasteiger partial charge in [0.25, 0.3) is 0 Å². The van der Waals surface area contributed by atoms with E-state index in [1.165, 1.54) is 27.7 Å². The highest BCUT2D eigenvalue weighted by Gasteiger charge is 2.38. The van der Waals surface area contributed by atoms with E-state index < -0.39 is 248 Å². The summed E-state index contributed by atoms with van der Waals surface area (Å²) in [5, 5.41) is 78.8. The Bertz CT molecular complexity index is 3690. The second kappa shape index (κ2) is 61.0. The van der Waals surface area contributed by atoms with E-state index in [0.29, 0.717) is 11.1 Å². The number of alkyl carbamates (subject to hydrolysis) is 1. The van der Waals surface area contributed by atoms with Gasteiger partial charge in [-0.1, -0.05) is 144 Å². The Morgan fingerprint density at radius 3 is 0.915 bits per heavy atom. The lowest BCUT2D eigenvalue weighted by Gasteiger charge is -2.27. The Morgan fingerprint density at radius 1 is 0.287 bits per heavy atom. The van der Waals surface area contributed by atoms with Crippen molar-refractivity contribution in [1.82, 2.24) is 85.1 Å². The average Bonchev–Trinajstić information content (AvgIpc) is 0.834. The summed E-state index contributed by atoms with van der Waals surface area (Å²) in [7, 11) is 0. The van der Waals surface area contributed by atoms with Gasteiger partial charge in [-0.05, 0) is 87.2 Å². The predicted octanol–water partition coefficient (Wildman–Crippen LogP) is -3.63. The van der Waals surface area contributed by atoms with Crippen LogP contribution < -0.4 is 85.1 Å². The van der Waals surface area contributed by atoms with Gasteiger partial charge in [0.2, 0.25) is 88.6 Å².